The van der Waals surface area contributed by atoms with E-state index >= 15 is 0 Å². The lowest BCUT2D eigenvalue weighted by molar-refractivity contribution is 0.0740. The zero-order chi connectivity index (χ0) is 17.0. The molecule has 0 saturated heterocycles. The molecular weight excluding hydrogens is 290 g/mol. The van der Waals surface area contributed by atoms with Crippen LogP contribution < -0.4 is 0 Å². The number of rotatable bonds is 7. The molecule has 0 N–H and O–H groups in total. The van der Waals surface area contributed by atoms with E-state index in [9.17, 15) is 4.79 Å². The maximum absolute atomic E-state index is 12.7. The van der Waals surface area contributed by atoms with Crippen LogP contribution >= 0.6 is 0 Å². The molecule has 2 heterocycles. The number of hydrogen-bond acceptors (Lipinski definition) is 4. The average Bonchev–Trinajstić information content (AvgIpc) is 2.95. The van der Waals surface area contributed by atoms with E-state index in [-0.39, 0.29) is 5.91 Å². The van der Waals surface area contributed by atoms with Crippen LogP contribution in [0.25, 0.3) is 5.65 Å². The summed E-state index contributed by atoms with van der Waals surface area (Å²) in [6.07, 6.45) is 0. The second kappa shape index (κ2) is 7.55. The molecule has 0 unspecified atom stereocenters. The molecule has 126 valence electrons. The predicted molar refractivity (Wildman–Crippen MR) is 91.8 cm³/mol. The molecular formula is C17H27N5O. The van der Waals surface area contributed by atoms with Crippen LogP contribution in [0.3, 0.4) is 0 Å². The fraction of sp³-hybridized carbons (Fsp3) is 0.588. The Morgan fingerprint density at radius 2 is 1.78 bits per heavy atom. The van der Waals surface area contributed by atoms with Crippen molar-refractivity contribution in [2.45, 2.75) is 34.6 Å². The van der Waals surface area contributed by atoms with E-state index in [1.807, 2.05) is 31.7 Å². The Hall–Kier alpha value is -1.95. The van der Waals surface area contributed by atoms with Gasteiger partial charge in [-0.3, -0.25) is 4.79 Å². The molecule has 0 atom stereocenters. The first kappa shape index (κ1) is 17.4. The monoisotopic (exact) mass is 317 g/mol. The number of likely N-dealkylation sites (N-methyl/N-ethyl adjacent to an activating group) is 2. The topological polar surface area (TPSA) is 53.7 Å². The maximum atomic E-state index is 12.7. The van der Waals surface area contributed by atoms with Crippen LogP contribution in [0.4, 0.5) is 0 Å². The van der Waals surface area contributed by atoms with E-state index in [0.29, 0.717) is 12.2 Å². The van der Waals surface area contributed by atoms with Crippen molar-refractivity contribution >= 4 is 11.6 Å². The number of aromatic nitrogens is 3. The fourth-order valence-electron chi connectivity index (χ4n) is 2.76. The van der Waals surface area contributed by atoms with Crippen molar-refractivity contribution in [3.05, 3.63) is 29.2 Å². The molecule has 0 fully saturated rings. The van der Waals surface area contributed by atoms with E-state index in [1.165, 1.54) is 0 Å². The minimum Gasteiger partial charge on any atom is -0.336 e. The summed E-state index contributed by atoms with van der Waals surface area (Å²) in [4.78, 5) is 21.3. The molecule has 0 aliphatic rings. The normalized spacial score (nSPS) is 11.4. The fourth-order valence-corrected chi connectivity index (χ4v) is 2.76. The van der Waals surface area contributed by atoms with Gasteiger partial charge in [-0.05, 0) is 39.9 Å². The Labute approximate surface area is 138 Å². The molecule has 0 spiro atoms. The first-order chi connectivity index (χ1) is 11.0. The van der Waals surface area contributed by atoms with Gasteiger partial charge in [-0.2, -0.15) is 5.10 Å². The van der Waals surface area contributed by atoms with Gasteiger partial charge in [0.1, 0.15) is 0 Å². The van der Waals surface area contributed by atoms with Gasteiger partial charge in [0.15, 0.2) is 11.3 Å². The first-order valence-corrected chi connectivity index (χ1v) is 8.35. The Morgan fingerprint density at radius 3 is 2.39 bits per heavy atom. The van der Waals surface area contributed by atoms with Crippen LogP contribution in [0.1, 0.15) is 42.6 Å². The molecule has 2 rings (SSSR count). The molecule has 23 heavy (non-hydrogen) atoms. The molecule has 0 radical (unpaired) electrons. The summed E-state index contributed by atoms with van der Waals surface area (Å²) < 4.78 is 1.73. The van der Waals surface area contributed by atoms with Crippen molar-refractivity contribution in [1.82, 2.24) is 24.4 Å². The largest absolute Gasteiger partial charge is 0.336 e. The van der Waals surface area contributed by atoms with E-state index in [2.05, 4.69) is 28.8 Å². The van der Waals surface area contributed by atoms with Crippen molar-refractivity contribution < 1.29 is 4.79 Å². The lowest BCUT2D eigenvalue weighted by atomic mass is 10.3. The number of amides is 1. The third-order valence-electron chi connectivity index (χ3n) is 4.20. The molecule has 0 aliphatic heterocycles. The number of nitrogens with zero attached hydrogens (tertiary/aromatic N) is 5. The van der Waals surface area contributed by atoms with Crippen molar-refractivity contribution in [1.29, 1.82) is 0 Å². The molecule has 0 saturated carbocycles. The highest BCUT2D eigenvalue weighted by atomic mass is 16.2. The number of carbonyl (C=O) groups excluding carboxylic acids is 1. The van der Waals surface area contributed by atoms with Crippen LogP contribution in [-0.4, -0.2) is 63.0 Å². The third-order valence-corrected chi connectivity index (χ3v) is 4.20. The average molecular weight is 317 g/mol. The summed E-state index contributed by atoms with van der Waals surface area (Å²) in [6.45, 7) is 14.5. The quantitative estimate of drug-likeness (QED) is 0.785. The Morgan fingerprint density at radius 1 is 1.09 bits per heavy atom. The predicted octanol–water partition coefficient (Wildman–Crippen LogP) is 2.15. The maximum Gasteiger partial charge on any atom is 0.274 e. The first-order valence-electron chi connectivity index (χ1n) is 8.35. The highest BCUT2D eigenvalue weighted by molar-refractivity contribution is 5.93. The number of carbonyl (C=O) groups is 1. The van der Waals surface area contributed by atoms with E-state index in [1.54, 1.807) is 10.6 Å². The van der Waals surface area contributed by atoms with Gasteiger partial charge < -0.3 is 9.80 Å². The standard InChI is InChI=1S/C17H27N5O/c1-6-20(7-2)9-10-21(8-3)17(23)15-12-16-18-13(4)11-14(5)22(16)19-15/h11-12H,6-10H2,1-5H3. The molecule has 6 heteroatoms. The molecule has 0 aliphatic carbocycles. The zero-order valence-corrected chi connectivity index (χ0v) is 14.8. The van der Waals surface area contributed by atoms with Gasteiger partial charge in [0.2, 0.25) is 0 Å². The lowest BCUT2D eigenvalue weighted by Crippen LogP contribution is -2.38. The molecule has 0 bridgehead atoms. The van der Waals surface area contributed by atoms with Gasteiger partial charge >= 0.3 is 0 Å². The minimum absolute atomic E-state index is 0.0257. The summed E-state index contributed by atoms with van der Waals surface area (Å²) in [5.74, 6) is -0.0257. The number of hydrogen-bond donors (Lipinski definition) is 0. The zero-order valence-electron chi connectivity index (χ0n) is 14.8. The van der Waals surface area contributed by atoms with Crippen molar-refractivity contribution in [3.8, 4) is 0 Å². The molecule has 6 nitrogen and oxygen atoms in total. The van der Waals surface area contributed by atoms with Crippen molar-refractivity contribution in [3.63, 3.8) is 0 Å². The Balaban J connectivity index is 2.19. The van der Waals surface area contributed by atoms with Crippen LogP contribution in [0.2, 0.25) is 0 Å². The second-order valence-electron chi connectivity index (χ2n) is 5.75. The highest BCUT2D eigenvalue weighted by Gasteiger charge is 2.19. The van der Waals surface area contributed by atoms with Gasteiger partial charge in [-0.25, -0.2) is 9.50 Å². The van der Waals surface area contributed by atoms with Gasteiger partial charge in [0.05, 0.1) is 0 Å². The molecule has 0 aromatic carbocycles. The summed E-state index contributed by atoms with van der Waals surface area (Å²) in [6, 6.07) is 3.74. The van der Waals surface area contributed by atoms with E-state index in [0.717, 1.165) is 43.2 Å². The SMILES string of the molecule is CCN(CC)CCN(CC)C(=O)c1cc2nc(C)cc(C)n2n1. The van der Waals surface area contributed by atoms with Crippen LogP contribution in [-0.2, 0) is 0 Å². The van der Waals surface area contributed by atoms with Crippen molar-refractivity contribution in [2.24, 2.45) is 0 Å². The van der Waals surface area contributed by atoms with Crippen molar-refractivity contribution in [2.75, 3.05) is 32.7 Å². The van der Waals surface area contributed by atoms with Gasteiger partial charge in [0.25, 0.3) is 5.91 Å². The number of fused-ring (bicyclic) bond motifs is 1. The third kappa shape index (κ3) is 3.88. The smallest absolute Gasteiger partial charge is 0.274 e. The minimum atomic E-state index is -0.0257. The summed E-state index contributed by atoms with van der Waals surface area (Å²) in [5, 5.41) is 4.44. The second-order valence-corrected chi connectivity index (χ2v) is 5.75. The van der Waals surface area contributed by atoms with Crippen LogP contribution in [0.15, 0.2) is 12.1 Å². The summed E-state index contributed by atoms with van der Waals surface area (Å²) >= 11 is 0. The van der Waals surface area contributed by atoms with Gasteiger partial charge in [-0.15, -0.1) is 0 Å². The summed E-state index contributed by atoms with van der Waals surface area (Å²) in [7, 11) is 0. The van der Waals surface area contributed by atoms with E-state index in [4.69, 9.17) is 0 Å². The lowest BCUT2D eigenvalue weighted by Gasteiger charge is -2.24. The highest BCUT2D eigenvalue weighted by Crippen LogP contribution is 2.11. The molecule has 1 amide bonds. The number of aryl methyl sites for hydroxylation is 2. The Kier molecular flexibility index (Phi) is 5.71. The van der Waals surface area contributed by atoms with E-state index < -0.39 is 0 Å². The van der Waals surface area contributed by atoms with Crippen LogP contribution in [0.5, 0.6) is 0 Å². The van der Waals surface area contributed by atoms with Gasteiger partial charge in [0, 0.05) is 37.1 Å². The van der Waals surface area contributed by atoms with Crippen LogP contribution in [0, 0.1) is 13.8 Å². The summed E-state index contributed by atoms with van der Waals surface area (Å²) in [5.41, 5.74) is 3.11. The molecule has 2 aromatic heterocycles. The Bertz CT molecular complexity index is 675. The van der Waals surface area contributed by atoms with Gasteiger partial charge in [-0.1, -0.05) is 13.8 Å². The molecule has 2 aromatic rings.